The van der Waals surface area contributed by atoms with Gasteiger partial charge in [-0.05, 0) is 0 Å². The maximum absolute atomic E-state index is 12.6. The van der Waals surface area contributed by atoms with Gasteiger partial charge in [0, 0.05) is 49.0 Å². The van der Waals surface area contributed by atoms with E-state index in [1.807, 2.05) is 26.0 Å². The molecule has 1 heterocycles. The second kappa shape index (κ2) is 4.66. The predicted molar refractivity (Wildman–Crippen MR) is 53.0 cm³/mol. The van der Waals surface area contributed by atoms with Crippen LogP contribution in [0.25, 0.3) is 0 Å². The average molecular weight is 344 g/mol. The molecule has 0 aromatic carbocycles. The Labute approximate surface area is 97.9 Å². The SMILES string of the molecule is FC(F)(F)C(F)(F)CN1CCN(I)CC1. The molecule has 90 valence electrons. The Kier molecular flexibility index (Phi) is 4.15. The van der Waals surface area contributed by atoms with Crippen molar-refractivity contribution in [2.45, 2.75) is 12.1 Å². The lowest BCUT2D eigenvalue weighted by Crippen LogP contribution is -2.51. The molecule has 1 fully saturated rings. The van der Waals surface area contributed by atoms with Crippen molar-refractivity contribution in [1.82, 2.24) is 8.01 Å². The third-order valence-electron chi connectivity index (χ3n) is 2.15. The smallest absolute Gasteiger partial charge is 0.295 e. The number of piperazine rings is 1. The molecule has 0 aromatic rings. The second-order valence-electron chi connectivity index (χ2n) is 3.39. The van der Waals surface area contributed by atoms with E-state index in [4.69, 9.17) is 0 Å². The summed E-state index contributed by atoms with van der Waals surface area (Å²) in [5.41, 5.74) is 0. The lowest BCUT2D eigenvalue weighted by molar-refractivity contribution is -0.287. The minimum absolute atomic E-state index is 0.245. The van der Waals surface area contributed by atoms with Crippen molar-refractivity contribution in [2.75, 3.05) is 32.7 Å². The monoisotopic (exact) mass is 344 g/mol. The molecule has 0 unspecified atom stereocenters. The van der Waals surface area contributed by atoms with E-state index in [-0.39, 0.29) is 13.1 Å². The van der Waals surface area contributed by atoms with Crippen molar-refractivity contribution in [3.63, 3.8) is 0 Å². The predicted octanol–water partition coefficient (Wildman–Crippen LogP) is 2.15. The van der Waals surface area contributed by atoms with Gasteiger partial charge in [-0.25, -0.2) is 3.11 Å². The fourth-order valence-electron chi connectivity index (χ4n) is 1.25. The molecule has 0 N–H and O–H groups in total. The zero-order valence-corrected chi connectivity index (χ0v) is 9.86. The van der Waals surface area contributed by atoms with Crippen LogP contribution in [-0.2, 0) is 0 Å². The number of halogens is 6. The Hall–Kier alpha value is 0.300. The van der Waals surface area contributed by atoms with Crippen molar-refractivity contribution >= 4 is 22.9 Å². The summed E-state index contributed by atoms with van der Waals surface area (Å²) in [5, 5.41) is 0. The van der Waals surface area contributed by atoms with Crippen molar-refractivity contribution in [3.05, 3.63) is 0 Å². The minimum atomic E-state index is -5.45. The molecular formula is C7H10F5IN2. The van der Waals surface area contributed by atoms with Gasteiger partial charge in [0.1, 0.15) is 0 Å². The van der Waals surface area contributed by atoms with Gasteiger partial charge in [0.05, 0.1) is 6.54 Å². The molecule has 0 amide bonds. The van der Waals surface area contributed by atoms with Crippen LogP contribution in [0.15, 0.2) is 0 Å². The highest BCUT2D eigenvalue weighted by molar-refractivity contribution is 14.1. The molecule has 1 rings (SSSR count). The van der Waals surface area contributed by atoms with Crippen LogP contribution in [0, 0.1) is 0 Å². The molecule has 0 spiro atoms. The summed E-state index contributed by atoms with van der Waals surface area (Å²) in [5.74, 6) is -4.61. The molecule has 15 heavy (non-hydrogen) atoms. The second-order valence-corrected chi connectivity index (χ2v) is 4.75. The van der Waals surface area contributed by atoms with E-state index in [9.17, 15) is 22.0 Å². The summed E-state index contributed by atoms with van der Waals surface area (Å²) in [6.45, 7) is 0.271. The number of hydrogen-bond donors (Lipinski definition) is 0. The van der Waals surface area contributed by atoms with Crippen LogP contribution in [0.3, 0.4) is 0 Å². The molecule has 0 bridgehead atoms. The topological polar surface area (TPSA) is 6.48 Å². The molecule has 2 nitrogen and oxygen atoms in total. The van der Waals surface area contributed by atoms with Gasteiger partial charge in [0.25, 0.3) is 0 Å². The molecule has 0 saturated carbocycles. The van der Waals surface area contributed by atoms with Gasteiger partial charge in [-0.3, -0.25) is 4.90 Å². The third kappa shape index (κ3) is 3.66. The van der Waals surface area contributed by atoms with Crippen molar-refractivity contribution < 1.29 is 22.0 Å². The quantitative estimate of drug-likeness (QED) is 0.430. The largest absolute Gasteiger partial charge is 0.454 e. The molecule has 0 aromatic heterocycles. The summed E-state index contributed by atoms with van der Waals surface area (Å²) < 4.78 is 62.8. The molecule has 8 heteroatoms. The van der Waals surface area contributed by atoms with E-state index < -0.39 is 18.6 Å². The maximum atomic E-state index is 12.6. The fourth-order valence-corrected chi connectivity index (χ4v) is 1.68. The Bertz CT molecular complexity index is 212. The minimum Gasteiger partial charge on any atom is -0.295 e. The van der Waals surface area contributed by atoms with Crippen LogP contribution < -0.4 is 0 Å². The van der Waals surface area contributed by atoms with Crippen LogP contribution in [0.1, 0.15) is 0 Å². The van der Waals surface area contributed by atoms with Gasteiger partial charge in [-0.2, -0.15) is 22.0 Å². The number of nitrogens with zero attached hydrogens (tertiary/aromatic N) is 2. The summed E-state index contributed by atoms with van der Waals surface area (Å²) in [4.78, 5) is 1.14. The highest BCUT2D eigenvalue weighted by Gasteiger charge is 2.57. The first kappa shape index (κ1) is 13.4. The van der Waals surface area contributed by atoms with Gasteiger partial charge < -0.3 is 0 Å². The van der Waals surface area contributed by atoms with Crippen LogP contribution in [0.4, 0.5) is 22.0 Å². The molecule has 0 radical (unpaired) electrons. The fraction of sp³-hybridized carbons (Fsp3) is 1.00. The molecule has 1 aliphatic rings. The van der Waals surface area contributed by atoms with Gasteiger partial charge in [-0.1, -0.05) is 0 Å². The molecule has 1 aliphatic heterocycles. The standard InChI is InChI=1S/C7H10F5IN2/c8-6(9,7(10,11)12)5-14-1-3-15(13)4-2-14/h1-5H2. The molecule has 0 atom stereocenters. The summed E-state index contributed by atoms with van der Waals surface area (Å²) in [6.07, 6.45) is -5.45. The highest BCUT2D eigenvalue weighted by Crippen LogP contribution is 2.36. The zero-order chi connectivity index (χ0) is 11.7. The number of rotatable bonds is 2. The van der Waals surface area contributed by atoms with E-state index in [0.717, 1.165) is 4.90 Å². The van der Waals surface area contributed by atoms with Gasteiger partial charge in [0.15, 0.2) is 0 Å². The van der Waals surface area contributed by atoms with Gasteiger partial charge >= 0.3 is 12.1 Å². The lowest BCUT2D eigenvalue weighted by Gasteiger charge is -2.33. The highest BCUT2D eigenvalue weighted by atomic mass is 127. The lowest BCUT2D eigenvalue weighted by atomic mass is 10.2. The van der Waals surface area contributed by atoms with Crippen molar-refractivity contribution in [3.8, 4) is 0 Å². The van der Waals surface area contributed by atoms with E-state index in [1.54, 1.807) is 0 Å². The van der Waals surface area contributed by atoms with Crippen molar-refractivity contribution in [2.24, 2.45) is 0 Å². The third-order valence-corrected chi connectivity index (χ3v) is 3.12. The summed E-state index contributed by atoms with van der Waals surface area (Å²) in [7, 11) is 0. The molecular weight excluding hydrogens is 334 g/mol. The Balaban J connectivity index is 2.48. The zero-order valence-electron chi connectivity index (χ0n) is 7.70. The van der Waals surface area contributed by atoms with Gasteiger partial charge in [0.2, 0.25) is 0 Å². The van der Waals surface area contributed by atoms with E-state index in [2.05, 4.69) is 0 Å². The van der Waals surface area contributed by atoms with E-state index in [1.165, 1.54) is 0 Å². The van der Waals surface area contributed by atoms with E-state index in [0.29, 0.717) is 13.1 Å². The number of hydrogen-bond acceptors (Lipinski definition) is 2. The summed E-state index contributed by atoms with van der Waals surface area (Å²) in [6, 6.07) is 0. The first-order valence-electron chi connectivity index (χ1n) is 4.30. The van der Waals surface area contributed by atoms with Gasteiger partial charge in [-0.15, -0.1) is 0 Å². The van der Waals surface area contributed by atoms with Crippen molar-refractivity contribution in [1.29, 1.82) is 0 Å². The van der Waals surface area contributed by atoms with Crippen LogP contribution in [0.2, 0.25) is 0 Å². The average Bonchev–Trinajstić information content (AvgIpc) is 2.06. The normalized spacial score (nSPS) is 22.0. The van der Waals surface area contributed by atoms with E-state index >= 15 is 0 Å². The maximum Gasteiger partial charge on any atom is 0.454 e. The Morgan fingerprint density at radius 2 is 1.40 bits per heavy atom. The Morgan fingerprint density at radius 3 is 1.80 bits per heavy atom. The first-order valence-corrected chi connectivity index (χ1v) is 5.26. The number of alkyl halides is 5. The molecule has 1 saturated heterocycles. The molecule has 0 aliphatic carbocycles. The Morgan fingerprint density at radius 1 is 0.933 bits per heavy atom. The van der Waals surface area contributed by atoms with Crippen LogP contribution in [0.5, 0.6) is 0 Å². The first-order chi connectivity index (χ1) is 6.72. The summed E-state index contributed by atoms with van der Waals surface area (Å²) >= 11 is 2.02. The van der Waals surface area contributed by atoms with Crippen LogP contribution in [-0.4, -0.2) is 52.8 Å². The van der Waals surface area contributed by atoms with Crippen LogP contribution >= 0.6 is 22.9 Å².